The number of H-pyrrole nitrogens is 1. The van der Waals surface area contributed by atoms with Gasteiger partial charge in [0.2, 0.25) is 21.8 Å². The molecule has 2 aliphatic rings. The van der Waals surface area contributed by atoms with Gasteiger partial charge in [0.25, 0.3) is 0 Å². The number of sulfonamides is 1. The number of primary amides is 1. The number of benzene rings is 2. The van der Waals surface area contributed by atoms with E-state index in [-0.39, 0.29) is 29.1 Å². The fraction of sp³-hybridized carbons (Fsp3) is 0.417. The maximum absolute atomic E-state index is 13.0. The standard InChI is InChI=1S/C24H30N8O3S/c25-21(33)14-32-9-7-15(8-10-32)11-18-5-6-20(17-3-1-16(2-4-17)19-12-27-13-19)22(23(18)36(26,34)35)24-28-30-31-29-24/h1-6,15,19,27H,7-14H2,(H2,25,33)(H2,26,34,35)(H,28,29,30,31). The number of aromatic amines is 1. The van der Waals surface area contributed by atoms with Crippen molar-refractivity contribution in [2.45, 2.75) is 30.1 Å². The number of hydrogen-bond donors (Lipinski definition) is 4. The molecule has 36 heavy (non-hydrogen) atoms. The Hall–Kier alpha value is -3.19. The van der Waals surface area contributed by atoms with Crippen LogP contribution >= 0.6 is 0 Å². The predicted molar refractivity (Wildman–Crippen MR) is 134 cm³/mol. The van der Waals surface area contributed by atoms with Crippen LogP contribution in [0.15, 0.2) is 41.3 Å². The molecule has 2 aliphatic heterocycles. The van der Waals surface area contributed by atoms with Gasteiger partial charge in [0.15, 0.2) is 0 Å². The average Bonchev–Trinajstić information content (AvgIpc) is 3.33. The molecular weight excluding hydrogens is 480 g/mol. The van der Waals surface area contributed by atoms with Crippen LogP contribution in [0.3, 0.4) is 0 Å². The number of hydrogen-bond acceptors (Lipinski definition) is 8. The van der Waals surface area contributed by atoms with Gasteiger partial charge in [-0.05, 0) is 65.7 Å². The third kappa shape index (κ3) is 5.16. The number of tetrazole rings is 1. The van der Waals surface area contributed by atoms with E-state index in [1.165, 1.54) is 5.56 Å². The second kappa shape index (κ2) is 10.1. The van der Waals surface area contributed by atoms with Crippen molar-refractivity contribution in [1.29, 1.82) is 0 Å². The van der Waals surface area contributed by atoms with E-state index in [2.05, 4.69) is 38.1 Å². The highest BCUT2D eigenvalue weighted by atomic mass is 32.2. The molecule has 190 valence electrons. The Bertz CT molecular complexity index is 1330. The molecule has 3 heterocycles. The molecule has 6 N–H and O–H groups in total. The summed E-state index contributed by atoms with van der Waals surface area (Å²) in [6.07, 6.45) is 2.19. The molecule has 0 unspecified atom stereocenters. The zero-order chi connectivity index (χ0) is 25.3. The van der Waals surface area contributed by atoms with E-state index in [9.17, 15) is 13.2 Å². The highest BCUT2D eigenvalue weighted by molar-refractivity contribution is 7.89. The molecule has 1 aromatic heterocycles. The normalized spacial score (nSPS) is 17.7. The fourth-order valence-corrected chi connectivity index (χ4v) is 6.18. The van der Waals surface area contributed by atoms with Crippen molar-refractivity contribution in [2.75, 3.05) is 32.7 Å². The first-order valence-corrected chi connectivity index (χ1v) is 13.6. The first kappa shape index (κ1) is 24.5. The molecule has 2 fully saturated rings. The van der Waals surface area contributed by atoms with Crippen molar-refractivity contribution in [3.8, 4) is 22.5 Å². The second-order valence-electron chi connectivity index (χ2n) is 9.62. The minimum absolute atomic E-state index is 0.0354. The molecule has 0 spiro atoms. The topological polar surface area (TPSA) is 173 Å². The summed E-state index contributed by atoms with van der Waals surface area (Å²) in [4.78, 5) is 13.3. The van der Waals surface area contributed by atoms with E-state index in [1.54, 1.807) is 0 Å². The highest BCUT2D eigenvalue weighted by Crippen LogP contribution is 2.39. The van der Waals surface area contributed by atoms with Gasteiger partial charge < -0.3 is 11.1 Å². The number of aromatic nitrogens is 4. The van der Waals surface area contributed by atoms with Gasteiger partial charge in [0.1, 0.15) is 0 Å². The first-order chi connectivity index (χ1) is 17.3. The van der Waals surface area contributed by atoms with Crippen molar-refractivity contribution >= 4 is 15.9 Å². The Morgan fingerprint density at radius 3 is 2.36 bits per heavy atom. The molecule has 0 bridgehead atoms. The van der Waals surface area contributed by atoms with Crippen LogP contribution in [0.2, 0.25) is 0 Å². The Morgan fingerprint density at radius 2 is 1.81 bits per heavy atom. The van der Waals surface area contributed by atoms with Crippen molar-refractivity contribution in [2.24, 2.45) is 16.8 Å². The number of nitrogens with zero attached hydrogens (tertiary/aromatic N) is 4. The summed E-state index contributed by atoms with van der Waals surface area (Å²) in [6.45, 7) is 3.62. The van der Waals surface area contributed by atoms with Gasteiger partial charge in [-0.2, -0.15) is 5.21 Å². The predicted octanol–water partition coefficient (Wildman–Crippen LogP) is 0.608. The largest absolute Gasteiger partial charge is 0.369 e. The summed E-state index contributed by atoms with van der Waals surface area (Å²) in [5, 5.41) is 23.4. The van der Waals surface area contributed by atoms with Crippen molar-refractivity contribution in [3.05, 3.63) is 47.5 Å². The SMILES string of the molecule is NC(=O)CN1CCC(Cc2ccc(-c3ccc(C4CNC4)cc3)c(-c3nn[nH]n3)c2S(N)(=O)=O)CC1. The van der Waals surface area contributed by atoms with Crippen LogP contribution in [0.5, 0.6) is 0 Å². The van der Waals surface area contributed by atoms with Crippen LogP contribution in [0, 0.1) is 5.92 Å². The molecule has 0 radical (unpaired) electrons. The minimum atomic E-state index is -4.12. The molecule has 2 saturated heterocycles. The third-order valence-corrected chi connectivity index (χ3v) is 8.20. The number of nitrogens with two attached hydrogens (primary N) is 2. The minimum Gasteiger partial charge on any atom is -0.369 e. The van der Waals surface area contributed by atoms with Crippen molar-refractivity contribution in [1.82, 2.24) is 30.8 Å². The summed E-state index contributed by atoms with van der Waals surface area (Å²) < 4.78 is 26.0. The van der Waals surface area contributed by atoms with Gasteiger partial charge in [0.05, 0.1) is 17.0 Å². The van der Waals surface area contributed by atoms with Crippen LogP contribution in [0.25, 0.3) is 22.5 Å². The Kier molecular flexibility index (Phi) is 6.84. The highest BCUT2D eigenvalue weighted by Gasteiger charge is 2.29. The van der Waals surface area contributed by atoms with Crippen LogP contribution in [-0.4, -0.2) is 72.6 Å². The van der Waals surface area contributed by atoms with Gasteiger partial charge in [-0.3, -0.25) is 9.69 Å². The lowest BCUT2D eigenvalue weighted by Crippen LogP contribution is -2.40. The molecule has 1 amide bonds. The van der Waals surface area contributed by atoms with E-state index in [1.807, 2.05) is 29.2 Å². The lowest BCUT2D eigenvalue weighted by Gasteiger charge is -2.31. The number of carbonyl (C=O) groups is 1. The van der Waals surface area contributed by atoms with Gasteiger partial charge in [-0.25, -0.2) is 13.6 Å². The van der Waals surface area contributed by atoms with E-state index in [0.717, 1.165) is 44.6 Å². The molecule has 2 aromatic carbocycles. The summed E-state index contributed by atoms with van der Waals surface area (Å²) in [6, 6.07) is 11.9. The van der Waals surface area contributed by atoms with E-state index in [4.69, 9.17) is 10.9 Å². The molecule has 5 rings (SSSR count). The Balaban J connectivity index is 1.52. The second-order valence-corrected chi connectivity index (χ2v) is 11.1. The number of rotatable bonds is 8. The first-order valence-electron chi connectivity index (χ1n) is 12.0. The Labute approximate surface area is 209 Å². The Morgan fingerprint density at radius 1 is 1.08 bits per heavy atom. The number of nitrogens with one attached hydrogen (secondary N) is 2. The quantitative estimate of drug-likeness (QED) is 0.341. The molecule has 0 aliphatic carbocycles. The van der Waals surface area contributed by atoms with Crippen LogP contribution in [0.1, 0.15) is 29.9 Å². The monoisotopic (exact) mass is 510 g/mol. The molecule has 12 heteroatoms. The molecular formula is C24H30N8O3S. The van der Waals surface area contributed by atoms with Crippen LogP contribution in [-0.2, 0) is 21.2 Å². The summed E-state index contributed by atoms with van der Waals surface area (Å²) in [5.74, 6) is 0.573. The smallest absolute Gasteiger partial charge is 0.239 e. The lowest BCUT2D eigenvalue weighted by atomic mass is 9.87. The van der Waals surface area contributed by atoms with E-state index in [0.29, 0.717) is 29.0 Å². The zero-order valence-corrected chi connectivity index (χ0v) is 20.7. The maximum atomic E-state index is 13.0. The molecule has 0 atom stereocenters. The number of carbonyl (C=O) groups excluding carboxylic acids is 1. The van der Waals surface area contributed by atoms with Gasteiger partial charge >= 0.3 is 0 Å². The summed E-state index contributed by atoms with van der Waals surface area (Å²) in [7, 11) is -4.12. The number of primary sulfonamides is 1. The van der Waals surface area contributed by atoms with E-state index >= 15 is 0 Å². The van der Waals surface area contributed by atoms with E-state index < -0.39 is 10.0 Å². The molecule has 0 saturated carbocycles. The fourth-order valence-electron chi connectivity index (χ4n) is 5.18. The average molecular weight is 511 g/mol. The van der Waals surface area contributed by atoms with Gasteiger partial charge in [-0.1, -0.05) is 36.4 Å². The van der Waals surface area contributed by atoms with Crippen LogP contribution in [0.4, 0.5) is 0 Å². The number of piperidine rings is 1. The maximum Gasteiger partial charge on any atom is 0.239 e. The summed E-state index contributed by atoms with van der Waals surface area (Å²) in [5.41, 5.74) is 9.08. The van der Waals surface area contributed by atoms with Gasteiger partial charge in [-0.15, -0.1) is 10.2 Å². The molecule has 3 aromatic rings. The molecule has 11 nitrogen and oxygen atoms in total. The van der Waals surface area contributed by atoms with Crippen molar-refractivity contribution < 1.29 is 13.2 Å². The van der Waals surface area contributed by atoms with Gasteiger partial charge in [0, 0.05) is 19.0 Å². The van der Waals surface area contributed by atoms with Crippen molar-refractivity contribution in [3.63, 3.8) is 0 Å². The lowest BCUT2D eigenvalue weighted by molar-refractivity contribution is -0.119. The third-order valence-electron chi connectivity index (χ3n) is 7.16. The van der Waals surface area contributed by atoms with Crippen LogP contribution < -0.4 is 16.2 Å². The number of amides is 1. The number of likely N-dealkylation sites (tertiary alicyclic amines) is 1. The summed E-state index contributed by atoms with van der Waals surface area (Å²) >= 11 is 0. The zero-order valence-electron chi connectivity index (χ0n) is 19.9.